The van der Waals surface area contributed by atoms with Gasteiger partial charge in [-0.15, -0.1) is 0 Å². The van der Waals surface area contributed by atoms with Gasteiger partial charge in [0.1, 0.15) is 18.2 Å². The van der Waals surface area contributed by atoms with E-state index in [1.165, 1.54) is 116 Å². The minimum absolute atomic E-state index is 0.0649. The molecule has 2 aromatic carbocycles. The third kappa shape index (κ3) is 12.6. The number of allylic oxidation sites excluding steroid dienone is 7. The number of rotatable bonds is 25. The van der Waals surface area contributed by atoms with Crippen molar-refractivity contribution in [2.24, 2.45) is 0 Å². The molecule has 0 fully saturated rings. The minimum Gasteiger partial charge on any atom is -0.347 e. The molecule has 0 saturated heterocycles. The first-order valence-electron chi connectivity index (χ1n) is 22.2. The lowest BCUT2D eigenvalue weighted by atomic mass is 9.75. The highest BCUT2D eigenvalue weighted by atomic mass is 79.9. The summed E-state index contributed by atoms with van der Waals surface area (Å²) in [4.78, 5) is 16.4. The van der Waals surface area contributed by atoms with E-state index in [0.29, 0.717) is 16.7 Å². The number of aryl methyl sites for hydroxylation is 1. The molecule has 3 aromatic rings. The van der Waals surface area contributed by atoms with Gasteiger partial charge >= 0.3 is 0 Å². The molecule has 7 heteroatoms. The van der Waals surface area contributed by atoms with Gasteiger partial charge in [-0.3, -0.25) is 10.2 Å². The van der Waals surface area contributed by atoms with Gasteiger partial charge in [-0.2, -0.15) is 9.83 Å². The maximum absolute atomic E-state index is 14.1. The van der Waals surface area contributed by atoms with Gasteiger partial charge < -0.3 is 4.90 Å². The molecule has 306 valence electrons. The van der Waals surface area contributed by atoms with Crippen LogP contribution in [0.2, 0.25) is 0 Å². The molecule has 1 aliphatic heterocycles. The minimum atomic E-state index is -0.127. The maximum atomic E-state index is 14.1. The highest BCUT2D eigenvalue weighted by Gasteiger charge is 2.35. The first kappa shape index (κ1) is 45.3. The van der Waals surface area contributed by atoms with Gasteiger partial charge in [0.15, 0.2) is 12.0 Å². The number of hydrogen-bond acceptors (Lipinski definition) is 4. The van der Waals surface area contributed by atoms with Gasteiger partial charge in [-0.1, -0.05) is 161 Å². The van der Waals surface area contributed by atoms with Crippen molar-refractivity contribution < 1.29 is 9.36 Å². The van der Waals surface area contributed by atoms with Crippen molar-refractivity contribution in [2.45, 2.75) is 149 Å². The maximum Gasteiger partial charge on any atom is 0.214 e. The van der Waals surface area contributed by atoms with Crippen molar-refractivity contribution in [1.29, 1.82) is 10.7 Å². The number of Topliss-reactive ketones (excluding diaryl/α,β-unsaturated/α-hetero) is 1. The molecule has 0 amide bonds. The number of nitriles is 1. The van der Waals surface area contributed by atoms with Gasteiger partial charge in [0.2, 0.25) is 5.52 Å². The summed E-state index contributed by atoms with van der Waals surface area (Å²) in [5.74, 6) is 2.21. The lowest BCUT2D eigenvalue weighted by molar-refractivity contribution is -0.671. The van der Waals surface area contributed by atoms with Crippen molar-refractivity contribution in [3.63, 3.8) is 0 Å². The van der Waals surface area contributed by atoms with Crippen LogP contribution in [-0.4, -0.2) is 18.2 Å². The lowest BCUT2D eigenvalue weighted by Gasteiger charge is -2.29. The Labute approximate surface area is 365 Å². The molecule has 5 rings (SSSR count). The van der Waals surface area contributed by atoms with Crippen molar-refractivity contribution in [3.05, 3.63) is 109 Å². The molecule has 0 spiro atoms. The van der Waals surface area contributed by atoms with E-state index in [0.717, 1.165) is 68.2 Å². The molecular formula is C51H63Br2N4O+. The first-order chi connectivity index (χ1) is 28.4. The van der Waals surface area contributed by atoms with Gasteiger partial charge in [0.25, 0.3) is 0 Å². The molecule has 58 heavy (non-hydrogen) atoms. The number of anilines is 1. The van der Waals surface area contributed by atoms with Gasteiger partial charge in [-0.05, 0) is 72.3 Å². The van der Waals surface area contributed by atoms with E-state index in [1.54, 1.807) is 0 Å². The number of benzene rings is 2. The average molecular weight is 908 g/mol. The summed E-state index contributed by atoms with van der Waals surface area (Å²) < 4.78 is 4.32. The standard InChI is InChI=1S/C51H63Br2N4O/c1-3-5-7-9-11-13-15-17-19-21-29-56-31-27-39(44-25-23-42(52)35-48(44)56)33-46-50(41(37-54)38-55)47(51(46)58)34-40-28-32-57(49-36-43(53)24-26-45(40)49)30-22-20-18-16-14-12-10-8-6-4-2/h23-28,31-36,54H,3-22,29-30H2,1-2H3/q+1. The molecule has 0 saturated carbocycles. The van der Waals surface area contributed by atoms with E-state index < -0.39 is 0 Å². The molecule has 0 radical (unpaired) electrons. The van der Waals surface area contributed by atoms with Crippen LogP contribution in [0.3, 0.4) is 0 Å². The van der Waals surface area contributed by atoms with E-state index in [1.807, 2.05) is 24.3 Å². The molecule has 0 unspecified atom stereocenters. The van der Waals surface area contributed by atoms with Crippen molar-refractivity contribution in [3.8, 4) is 6.07 Å². The summed E-state index contributed by atoms with van der Waals surface area (Å²) in [7, 11) is 0. The zero-order valence-corrected chi connectivity index (χ0v) is 38.2. The Balaban J connectivity index is 1.31. The van der Waals surface area contributed by atoms with Crippen LogP contribution < -0.4 is 9.47 Å². The number of halogens is 2. The average Bonchev–Trinajstić information content (AvgIpc) is 3.23. The number of unbranched alkanes of at least 4 members (excludes halogenated alkanes) is 18. The number of nitrogens with one attached hydrogen (secondary N) is 1. The lowest BCUT2D eigenvalue weighted by Crippen LogP contribution is -2.34. The number of hydrogen-bond donors (Lipinski definition) is 1. The third-order valence-corrected chi connectivity index (χ3v) is 12.6. The Kier molecular flexibility index (Phi) is 19.0. The number of ketones is 1. The zero-order chi connectivity index (χ0) is 41.1. The molecule has 1 N–H and O–H groups in total. The fourth-order valence-corrected chi connectivity index (χ4v) is 8.99. The van der Waals surface area contributed by atoms with Crippen LogP contribution >= 0.6 is 31.9 Å². The smallest absolute Gasteiger partial charge is 0.214 e. The predicted molar refractivity (Wildman–Crippen MR) is 251 cm³/mol. The summed E-state index contributed by atoms with van der Waals surface area (Å²) >= 11 is 7.37. The number of carbonyl (C=O) groups is 1. The SMILES string of the molecule is CCCCCCCCCCCCN1C=C/C(=C\C2=C(C(=C=N)C#N)C(=C/c3cc[n+](CCCCCCCCCCCC)c4cc(Br)ccc34)/C2=O)c2ccc(Br)cc21. The van der Waals surface area contributed by atoms with Crippen molar-refractivity contribution >= 4 is 71.8 Å². The van der Waals surface area contributed by atoms with Crippen LogP contribution in [0.5, 0.6) is 0 Å². The van der Waals surface area contributed by atoms with E-state index in [9.17, 15) is 10.1 Å². The number of aromatic nitrogens is 1. The largest absolute Gasteiger partial charge is 0.347 e. The van der Waals surface area contributed by atoms with Gasteiger partial charge in [-0.25, -0.2) is 0 Å². The molecule has 1 aliphatic carbocycles. The van der Waals surface area contributed by atoms with Crippen LogP contribution in [0.4, 0.5) is 5.69 Å². The fraction of sp³-hybridized carbons (Fsp3) is 0.471. The van der Waals surface area contributed by atoms with Crippen LogP contribution in [0.15, 0.2) is 98.3 Å². The topological polar surface area (TPSA) is 71.8 Å². The van der Waals surface area contributed by atoms with Crippen LogP contribution in [0.25, 0.3) is 22.6 Å². The van der Waals surface area contributed by atoms with E-state index in [-0.39, 0.29) is 11.4 Å². The Morgan fingerprint density at radius 3 is 1.97 bits per heavy atom. The van der Waals surface area contributed by atoms with E-state index in [4.69, 9.17) is 5.41 Å². The summed E-state index contributed by atoms with van der Waals surface area (Å²) in [5.41, 5.74) is 6.49. The highest BCUT2D eigenvalue weighted by Crippen LogP contribution is 2.42. The number of fused-ring (bicyclic) bond motifs is 2. The zero-order valence-electron chi connectivity index (χ0n) is 35.0. The number of carbonyl (C=O) groups excluding carboxylic acids is 1. The highest BCUT2D eigenvalue weighted by molar-refractivity contribution is 9.10. The Hall–Kier alpha value is -3.82. The van der Waals surface area contributed by atoms with Gasteiger partial charge in [0, 0.05) is 68.2 Å². The molecular weight excluding hydrogens is 844 g/mol. The number of pyridine rings is 1. The van der Waals surface area contributed by atoms with Crippen LogP contribution in [0.1, 0.15) is 153 Å². The Bertz CT molecular complexity index is 2090. The normalized spacial score (nSPS) is 14.9. The molecule has 5 nitrogen and oxygen atoms in total. The molecule has 1 aromatic heterocycles. The second kappa shape index (κ2) is 24.3. The molecule has 0 bridgehead atoms. The third-order valence-electron chi connectivity index (χ3n) is 11.6. The van der Waals surface area contributed by atoms with E-state index in [2.05, 4.69) is 116 Å². The Morgan fingerprint density at radius 1 is 0.759 bits per heavy atom. The summed E-state index contributed by atoms with van der Waals surface area (Å²) in [5, 5.41) is 19.1. The van der Waals surface area contributed by atoms with E-state index >= 15 is 0 Å². The molecule has 0 atom stereocenters. The monoisotopic (exact) mass is 905 g/mol. The summed E-state index contributed by atoms with van der Waals surface area (Å²) in [6, 6.07) is 16.8. The second-order valence-corrected chi connectivity index (χ2v) is 17.9. The van der Waals surface area contributed by atoms with Crippen LogP contribution in [-0.2, 0) is 11.3 Å². The Morgan fingerprint density at radius 2 is 1.34 bits per heavy atom. The predicted octanol–water partition coefficient (Wildman–Crippen LogP) is 14.9. The summed E-state index contributed by atoms with van der Waals surface area (Å²) in [6.45, 7) is 6.40. The number of nitrogens with zero attached hydrogens (tertiary/aromatic N) is 3. The second-order valence-electron chi connectivity index (χ2n) is 16.0. The van der Waals surface area contributed by atoms with Crippen LogP contribution in [0, 0.1) is 16.7 Å². The first-order valence-corrected chi connectivity index (χ1v) is 23.8. The summed E-state index contributed by atoms with van der Waals surface area (Å²) in [6.07, 6.45) is 36.1. The fourth-order valence-electron chi connectivity index (χ4n) is 8.29. The van der Waals surface area contributed by atoms with Gasteiger partial charge in [0.05, 0.1) is 5.39 Å². The molecule has 2 heterocycles. The quantitative estimate of drug-likeness (QED) is 0.0303. The van der Waals surface area contributed by atoms with Crippen molar-refractivity contribution in [2.75, 3.05) is 11.4 Å². The van der Waals surface area contributed by atoms with Crippen molar-refractivity contribution in [1.82, 2.24) is 0 Å². The molecule has 2 aliphatic rings.